The van der Waals surface area contributed by atoms with Crippen molar-refractivity contribution in [3.63, 3.8) is 0 Å². The number of hydrogen-bond acceptors (Lipinski definition) is 3. The van der Waals surface area contributed by atoms with E-state index in [1.165, 1.54) is 0 Å². The molecule has 1 atom stereocenters. The van der Waals surface area contributed by atoms with Gasteiger partial charge in [0.05, 0.1) is 17.9 Å². The number of nitrogens with two attached hydrogens (primary N) is 1. The zero-order valence-corrected chi connectivity index (χ0v) is 6.82. The van der Waals surface area contributed by atoms with Crippen LogP contribution in [0.25, 0.3) is 0 Å². The monoisotopic (exact) mass is 165 g/mol. The van der Waals surface area contributed by atoms with Gasteiger partial charge in [0.15, 0.2) is 0 Å². The van der Waals surface area contributed by atoms with Crippen LogP contribution in [0.5, 0.6) is 0 Å². The standard InChI is InChI=1S/C8H11N3O/c1-6(9)8(12)11-7-3-2-4-10-5-7/h2-6H,9H2,1H3,(H,11,12). The number of aromatic nitrogens is 1. The molecule has 0 aliphatic heterocycles. The second-order valence-corrected chi connectivity index (χ2v) is 2.52. The van der Waals surface area contributed by atoms with E-state index in [1.54, 1.807) is 31.5 Å². The summed E-state index contributed by atoms with van der Waals surface area (Å²) in [5, 5.41) is 2.61. The number of amides is 1. The number of pyridine rings is 1. The normalized spacial score (nSPS) is 12.2. The van der Waals surface area contributed by atoms with Gasteiger partial charge in [-0.1, -0.05) is 0 Å². The van der Waals surface area contributed by atoms with Crippen molar-refractivity contribution < 1.29 is 4.79 Å². The van der Waals surface area contributed by atoms with Crippen molar-refractivity contribution in [1.82, 2.24) is 4.98 Å². The molecule has 1 unspecified atom stereocenters. The third-order valence-electron chi connectivity index (χ3n) is 1.34. The van der Waals surface area contributed by atoms with Crippen LogP contribution in [0.15, 0.2) is 24.5 Å². The maximum Gasteiger partial charge on any atom is 0.241 e. The van der Waals surface area contributed by atoms with Crippen molar-refractivity contribution in [1.29, 1.82) is 0 Å². The fourth-order valence-electron chi connectivity index (χ4n) is 0.693. The van der Waals surface area contributed by atoms with Crippen molar-refractivity contribution in [3.05, 3.63) is 24.5 Å². The van der Waals surface area contributed by atoms with Crippen LogP contribution in [-0.2, 0) is 4.79 Å². The number of carbonyl (C=O) groups is 1. The molecule has 4 nitrogen and oxygen atoms in total. The Bertz CT molecular complexity index is 258. The Kier molecular flexibility index (Phi) is 2.76. The molecule has 0 aliphatic rings. The predicted molar refractivity (Wildman–Crippen MR) is 46.5 cm³/mol. The van der Waals surface area contributed by atoms with Gasteiger partial charge in [-0.25, -0.2) is 0 Å². The van der Waals surface area contributed by atoms with Crippen LogP contribution >= 0.6 is 0 Å². The largest absolute Gasteiger partial charge is 0.323 e. The molecule has 1 rings (SSSR count). The molecule has 1 heterocycles. The summed E-state index contributed by atoms with van der Waals surface area (Å²) in [6, 6.07) is 3.01. The van der Waals surface area contributed by atoms with Gasteiger partial charge in [0.25, 0.3) is 0 Å². The summed E-state index contributed by atoms with van der Waals surface area (Å²) < 4.78 is 0. The summed E-state index contributed by atoms with van der Waals surface area (Å²) in [6.45, 7) is 1.63. The highest BCUT2D eigenvalue weighted by Crippen LogP contribution is 2.02. The molecule has 0 aromatic carbocycles. The number of nitrogens with one attached hydrogen (secondary N) is 1. The van der Waals surface area contributed by atoms with Gasteiger partial charge in [-0.05, 0) is 19.1 Å². The van der Waals surface area contributed by atoms with Crippen LogP contribution in [0, 0.1) is 0 Å². The van der Waals surface area contributed by atoms with E-state index in [2.05, 4.69) is 10.3 Å². The molecule has 0 spiro atoms. The van der Waals surface area contributed by atoms with Crippen LogP contribution in [-0.4, -0.2) is 16.9 Å². The van der Waals surface area contributed by atoms with Gasteiger partial charge >= 0.3 is 0 Å². The van der Waals surface area contributed by atoms with E-state index >= 15 is 0 Å². The Morgan fingerprint density at radius 1 is 1.75 bits per heavy atom. The summed E-state index contributed by atoms with van der Waals surface area (Å²) in [6.07, 6.45) is 3.21. The predicted octanol–water partition coefficient (Wildman–Crippen LogP) is 0.367. The van der Waals surface area contributed by atoms with Crippen LogP contribution in [0.3, 0.4) is 0 Å². The molecular formula is C8H11N3O. The zero-order chi connectivity index (χ0) is 8.97. The maximum atomic E-state index is 11.0. The van der Waals surface area contributed by atoms with Crippen LogP contribution in [0.2, 0.25) is 0 Å². The Labute approximate surface area is 70.8 Å². The highest BCUT2D eigenvalue weighted by atomic mass is 16.2. The van der Waals surface area contributed by atoms with Gasteiger partial charge in [0.2, 0.25) is 5.91 Å². The molecule has 0 aliphatic carbocycles. The van der Waals surface area contributed by atoms with Crippen LogP contribution < -0.4 is 11.1 Å². The minimum atomic E-state index is -0.495. The van der Waals surface area contributed by atoms with E-state index in [9.17, 15) is 4.79 Å². The van der Waals surface area contributed by atoms with Gasteiger partial charge < -0.3 is 11.1 Å². The Morgan fingerprint density at radius 2 is 2.50 bits per heavy atom. The summed E-state index contributed by atoms with van der Waals surface area (Å²) in [5.74, 6) is -0.206. The fraction of sp³-hybridized carbons (Fsp3) is 0.250. The molecule has 0 bridgehead atoms. The summed E-state index contributed by atoms with van der Waals surface area (Å²) in [7, 11) is 0. The van der Waals surface area contributed by atoms with Crippen molar-refractivity contribution in [2.24, 2.45) is 5.73 Å². The summed E-state index contributed by atoms with van der Waals surface area (Å²) in [4.78, 5) is 14.9. The van der Waals surface area contributed by atoms with Gasteiger partial charge in [0.1, 0.15) is 0 Å². The van der Waals surface area contributed by atoms with E-state index in [-0.39, 0.29) is 5.91 Å². The molecule has 64 valence electrons. The lowest BCUT2D eigenvalue weighted by molar-refractivity contribution is -0.117. The molecular weight excluding hydrogens is 154 g/mol. The quantitative estimate of drug-likeness (QED) is 0.665. The average Bonchev–Trinajstić information content (AvgIpc) is 2.06. The number of nitrogens with zero attached hydrogens (tertiary/aromatic N) is 1. The molecule has 0 radical (unpaired) electrons. The van der Waals surface area contributed by atoms with Crippen molar-refractivity contribution >= 4 is 11.6 Å². The third kappa shape index (κ3) is 2.32. The summed E-state index contributed by atoms with van der Waals surface area (Å²) >= 11 is 0. The van der Waals surface area contributed by atoms with Gasteiger partial charge in [-0.2, -0.15) is 0 Å². The van der Waals surface area contributed by atoms with Gasteiger partial charge in [-0.3, -0.25) is 9.78 Å². The Balaban J connectivity index is 2.59. The third-order valence-corrected chi connectivity index (χ3v) is 1.34. The lowest BCUT2D eigenvalue weighted by Gasteiger charge is -2.05. The molecule has 12 heavy (non-hydrogen) atoms. The SMILES string of the molecule is CC(N)C(=O)Nc1cccnc1. The molecule has 4 heteroatoms. The molecule has 0 saturated heterocycles. The van der Waals surface area contributed by atoms with E-state index in [0.29, 0.717) is 5.69 Å². The van der Waals surface area contributed by atoms with Crippen molar-refractivity contribution in [3.8, 4) is 0 Å². The minimum Gasteiger partial charge on any atom is -0.323 e. The lowest BCUT2D eigenvalue weighted by Crippen LogP contribution is -2.32. The first-order valence-electron chi connectivity index (χ1n) is 3.66. The van der Waals surface area contributed by atoms with Crippen molar-refractivity contribution in [2.75, 3.05) is 5.32 Å². The van der Waals surface area contributed by atoms with E-state index in [4.69, 9.17) is 5.73 Å². The second-order valence-electron chi connectivity index (χ2n) is 2.52. The zero-order valence-electron chi connectivity index (χ0n) is 6.82. The highest BCUT2D eigenvalue weighted by molar-refractivity contribution is 5.94. The first kappa shape index (κ1) is 8.67. The molecule has 0 fully saturated rings. The number of anilines is 1. The Morgan fingerprint density at radius 3 is 3.00 bits per heavy atom. The lowest BCUT2D eigenvalue weighted by atomic mass is 10.3. The van der Waals surface area contributed by atoms with Crippen LogP contribution in [0.4, 0.5) is 5.69 Å². The minimum absolute atomic E-state index is 0.206. The molecule has 0 saturated carbocycles. The highest BCUT2D eigenvalue weighted by Gasteiger charge is 2.06. The van der Waals surface area contributed by atoms with E-state index < -0.39 is 6.04 Å². The number of rotatable bonds is 2. The first-order chi connectivity index (χ1) is 5.70. The van der Waals surface area contributed by atoms with Gasteiger partial charge in [0, 0.05) is 6.20 Å². The smallest absolute Gasteiger partial charge is 0.241 e. The van der Waals surface area contributed by atoms with Crippen LogP contribution in [0.1, 0.15) is 6.92 Å². The average molecular weight is 165 g/mol. The van der Waals surface area contributed by atoms with E-state index in [1.807, 2.05) is 0 Å². The molecule has 1 amide bonds. The fourth-order valence-corrected chi connectivity index (χ4v) is 0.693. The molecule has 1 aromatic heterocycles. The first-order valence-corrected chi connectivity index (χ1v) is 3.66. The maximum absolute atomic E-state index is 11.0. The topological polar surface area (TPSA) is 68.0 Å². The number of hydrogen-bond donors (Lipinski definition) is 2. The second kappa shape index (κ2) is 3.82. The summed E-state index contributed by atoms with van der Waals surface area (Å²) in [5.41, 5.74) is 6.02. The molecule has 3 N–H and O–H groups in total. The van der Waals surface area contributed by atoms with E-state index in [0.717, 1.165) is 0 Å². The Hall–Kier alpha value is -1.42. The number of carbonyl (C=O) groups excluding carboxylic acids is 1. The van der Waals surface area contributed by atoms with Crippen molar-refractivity contribution in [2.45, 2.75) is 13.0 Å². The van der Waals surface area contributed by atoms with Gasteiger partial charge in [-0.15, -0.1) is 0 Å². The molecule has 1 aromatic rings.